The smallest absolute Gasteiger partial charge is 0.236 e. The number of carbonyl (C=O) groups excluding carboxylic acids is 1. The minimum atomic E-state index is -0.272. The van der Waals surface area contributed by atoms with E-state index in [1.807, 2.05) is 0 Å². The zero-order chi connectivity index (χ0) is 13.0. The van der Waals surface area contributed by atoms with Crippen LogP contribution in [0.25, 0.3) is 0 Å². The molecule has 2 rings (SSSR count). The molecule has 4 nitrogen and oxygen atoms in total. The van der Waals surface area contributed by atoms with Crippen molar-refractivity contribution in [3.05, 3.63) is 30.1 Å². The monoisotopic (exact) mass is 252 g/mol. The number of ether oxygens (including phenoxy) is 1. The third-order valence-electron chi connectivity index (χ3n) is 3.09. The number of benzene rings is 1. The van der Waals surface area contributed by atoms with E-state index in [1.54, 1.807) is 17.0 Å². The van der Waals surface area contributed by atoms with Crippen molar-refractivity contribution in [3.63, 3.8) is 0 Å². The first-order valence-corrected chi connectivity index (χ1v) is 6.09. The molecule has 1 aliphatic rings. The second-order valence-corrected chi connectivity index (χ2v) is 4.36. The van der Waals surface area contributed by atoms with E-state index in [9.17, 15) is 9.18 Å². The third kappa shape index (κ3) is 3.20. The summed E-state index contributed by atoms with van der Waals surface area (Å²) in [6.45, 7) is 1.40. The highest BCUT2D eigenvalue weighted by molar-refractivity contribution is 5.78. The van der Waals surface area contributed by atoms with Gasteiger partial charge in [-0.2, -0.15) is 0 Å². The molecule has 0 radical (unpaired) electrons. The summed E-state index contributed by atoms with van der Waals surface area (Å²) in [6, 6.07) is 5.99. The van der Waals surface area contributed by atoms with Crippen molar-refractivity contribution >= 4 is 5.91 Å². The van der Waals surface area contributed by atoms with Crippen molar-refractivity contribution in [1.82, 2.24) is 4.90 Å². The first-order chi connectivity index (χ1) is 8.69. The standard InChI is InChI=1S/C13H17FN2O2/c14-10-1-3-11(4-2-10)18-12-5-7-16(8-6-12)13(17)9-15/h1-4,12H,5-9,15H2. The normalized spacial score (nSPS) is 16.7. The van der Waals surface area contributed by atoms with Crippen LogP contribution in [0, 0.1) is 5.82 Å². The molecule has 1 saturated heterocycles. The number of hydrogen-bond acceptors (Lipinski definition) is 3. The van der Waals surface area contributed by atoms with Crippen LogP contribution in [-0.2, 0) is 4.79 Å². The van der Waals surface area contributed by atoms with Crippen molar-refractivity contribution < 1.29 is 13.9 Å². The maximum atomic E-state index is 12.7. The van der Waals surface area contributed by atoms with E-state index in [0.29, 0.717) is 18.8 Å². The van der Waals surface area contributed by atoms with Crippen LogP contribution in [-0.4, -0.2) is 36.5 Å². The van der Waals surface area contributed by atoms with E-state index in [0.717, 1.165) is 12.8 Å². The van der Waals surface area contributed by atoms with Gasteiger partial charge in [-0.25, -0.2) is 4.39 Å². The lowest BCUT2D eigenvalue weighted by atomic mass is 10.1. The first kappa shape index (κ1) is 12.8. The Morgan fingerprint density at radius 3 is 2.50 bits per heavy atom. The van der Waals surface area contributed by atoms with Gasteiger partial charge in [-0.15, -0.1) is 0 Å². The Balaban J connectivity index is 1.83. The molecule has 0 aromatic heterocycles. The first-order valence-electron chi connectivity index (χ1n) is 6.09. The van der Waals surface area contributed by atoms with Crippen LogP contribution in [0.1, 0.15) is 12.8 Å². The van der Waals surface area contributed by atoms with Crippen LogP contribution in [0.5, 0.6) is 5.75 Å². The Bertz CT molecular complexity index is 400. The lowest BCUT2D eigenvalue weighted by molar-refractivity contribution is -0.131. The number of hydrogen-bond donors (Lipinski definition) is 1. The number of nitrogens with zero attached hydrogens (tertiary/aromatic N) is 1. The third-order valence-corrected chi connectivity index (χ3v) is 3.09. The molecule has 0 saturated carbocycles. The van der Waals surface area contributed by atoms with Gasteiger partial charge in [0.1, 0.15) is 17.7 Å². The van der Waals surface area contributed by atoms with Crippen LogP contribution in [0.4, 0.5) is 4.39 Å². The summed E-state index contributed by atoms with van der Waals surface area (Å²) in [5.41, 5.74) is 5.32. The van der Waals surface area contributed by atoms with E-state index in [4.69, 9.17) is 10.5 Å². The summed E-state index contributed by atoms with van der Waals surface area (Å²) in [4.78, 5) is 13.1. The molecule has 1 aromatic rings. The van der Waals surface area contributed by atoms with Gasteiger partial charge in [0.15, 0.2) is 0 Å². The molecule has 2 N–H and O–H groups in total. The summed E-state index contributed by atoms with van der Waals surface area (Å²) < 4.78 is 18.5. The average molecular weight is 252 g/mol. The summed E-state index contributed by atoms with van der Waals surface area (Å²) >= 11 is 0. The van der Waals surface area contributed by atoms with Gasteiger partial charge in [0.2, 0.25) is 5.91 Å². The van der Waals surface area contributed by atoms with E-state index in [-0.39, 0.29) is 24.4 Å². The molecule has 5 heteroatoms. The molecule has 0 unspecified atom stereocenters. The zero-order valence-corrected chi connectivity index (χ0v) is 10.1. The topological polar surface area (TPSA) is 55.6 Å². The maximum Gasteiger partial charge on any atom is 0.236 e. The zero-order valence-electron chi connectivity index (χ0n) is 10.1. The molecule has 98 valence electrons. The lowest BCUT2D eigenvalue weighted by Crippen LogP contribution is -2.44. The molecule has 1 aliphatic heterocycles. The second-order valence-electron chi connectivity index (χ2n) is 4.36. The van der Waals surface area contributed by atoms with Gasteiger partial charge >= 0.3 is 0 Å². The largest absolute Gasteiger partial charge is 0.490 e. The van der Waals surface area contributed by atoms with Crippen LogP contribution < -0.4 is 10.5 Å². The minimum absolute atomic E-state index is 0.0183. The maximum absolute atomic E-state index is 12.7. The number of halogens is 1. The van der Waals surface area contributed by atoms with Gasteiger partial charge in [-0.3, -0.25) is 4.79 Å². The minimum Gasteiger partial charge on any atom is -0.490 e. The molecule has 0 spiro atoms. The number of rotatable bonds is 3. The molecule has 0 bridgehead atoms. The Hall–Kier alpha value is -1.62. The Labute approximate surface area is 106 Å². The fraction of sp³-hybridized carbons (Fsp3) is 0.462. The number of amides is 1. The molecule has 18 heavy (non-hydrogen) atoms. The SMILES string of the molecule is NCC(=O)N1CCC(Oc2ccc(F)cc2)CC1. The van der Waals surface area contributed by atoms with Gasteiger partial charge in [0, 0.05) is 25.9 Å². The van der Waals surface area contributed by atoms with Gasteiger partial charge < -0.3 is 15.4 Å². The van der Waals surface area contributed by atoms with Gasteiger partial charge in [0.25, 0.3) is 0 Å². The Morgan fingerprint density at radius 2 is 1.94 bits per heavy atom. The second kappa shape index (κ2) is 5.82. The lowest BCUT2D eigenvalue weighted by Gasteiger charge is -2.32. The van der Waals surface area contributed by atoms with E-state index in [2.05, 4.69) is 0 Å². The van der Waals surface area contributed by atoms with Crippen molar-refractivity contribution in [2.24, 2.45) is 5.73 Å². The van der Waals surface area contributed by atoms with Crippen LogP contribution >= 0.6 is 0 Å². The van der Waals surface area contributed by atoms with Crippen molar-refractivity contribution in [2.75, 3.05) is 19.6 Å². The number of likely N-dealkylation sites (tertiary alicyclic amines) is 1. The molecule has 1 amide bonds. The molecular formula is C13H17FN2O2. The Morgan fingerprint density at radius 1 is 1.33 bits per heavy atom. The van der Waals surface area contributed by atoms with Crippen LogP contribution in [0.15, 0.2) is 24.3 Å². The summed E-state index contributed by atoms with van der Waals surface area (Å²) in [7, 11) is 0. The van der Waals surface area contributed by atoms with Gasteiger partial charge in [-0.1, -0.05) is 0 Å². The number of nitrogens with two attached hydrogens (primary N) is 1. The highest BCUT2D eigenvalue weighted by Gasteiger charge is 2.22. The molecule has 1 fully saturated rings. The molecule has 0 atom stereocenters. The van der Waals surface area contributed by atoms with E-state index >= 15 is 0 Å². The average Bonchev–Trinajstić information content (AvgIpc) is 2.41. The summed E-state index contributed by atoms with van der Waals surface area (Å²) in [5.74, 6) is 0.376. The van der Waals surface area contributed by atoms with E-state index in [1.165, 1.54) is 12.1 Å². The fourth-order valence-electron chi connectivity index (χ4n) is 2.06. The predicted octanol–water partition coefficient (Wildman–Crippen LogP) is 1.15. The van der Waals surface area contributed by atoms with Crippen molar-refractivity contribution in [2.45, 2.75) is 18.9 Å². The number of carbonyl (C=O) groups is 1. The molecule has 1 aromatic carbocycles. The molecule has 1 heterocycles. The Kier molecular flexibility index (Phi) is 4.15. The fourth-order valence-corrected chi connectivity index (χ4v) is 2.06. The molecule has 0 aliphatic carbocycles. The van der Waals surface area contributed by atoms with Gasteiger partial charge in [0.05, 0.1) is 6.54 Å². The predicted molar refractivity (Wildman–Crippen MR) is 65.7 cm³/mol. The number of piperidine rings is 1. The van der Waals surface area contributed by atoms with Gasteiger partial charge in [-0.05, 0) is 24.3 Å². The van der Waals surface area contributed by atoms with Crippen LogP contribution in [0.2, 0.25) is 0 Å². The highest BCUT2D eigenvalue weighted by Crippen LogP contribution is 2.19. The summed E-state index contributed by atoms with van der Waals surface area (Å²) in [5, 5.41) is 0. The van der Waals surface area contributed by atoms with Crippen molar-refractivity contribution in [1.29, 1.82) is 0 Å². The molecular weight excluding hydrogens is 235 g/mol. The van der Waals surface area contributed by atoms with Crippen LogP contribution in [0.3, 0.4) is 0 Å². The van der Waals surface area contributed by atoms with E-state index < -0.39 is 0 Å². The summed E-state index contributed by atoms with van der Waals surface area (Å²) in [6.07, 6.45) is 1.64. The van der Waals surface area contributed by atoms with Crippen molar-refractivity contribution in [3.8, 4) is 5.75 Å². The quantitative estimate of drug-likeness (QED) is 0.878. The highest BCUT2D eigenvalue weighted by atomic mass is 19.1.